The molecule has 14 heavy (non-hydrogen) atoms. The van der Waals surface area contributed by atoms with E-state index < -0.39 is 12.5 Å². The van der Waals surface area contributed by atoms with Gasteiger partial charge in [-0.3, -0.25) is 0 Å². The summed E-state index contributed by atoms with van der Waals surface area (Å²) in [5.74, 6) is 0. The van der Waals surface area contributed by atoms with Crippen LogP contribution < -0.4 is 0 Å². The Hall–Kier alpha value is 0.394. The van der Waals surface area contributed by atoms with Crippen LogP contribution in [0.25, 0.3) is 0 Å². The topological polar surface area (TPSA) is 52.6 Å². The Bertz CT molecular complexity index is 251. The number of hydrogen-bond donors (Lipinski definition) is 0. The second-order valence-corrected chi connectivity index (χ2v) is 8.44. The van der Waals surface area contributed by atoms with Crippen molar-refractivity contribution in [2.45, 2.75) is 39.5 Å². The molecule has 0 bridgehead atoms. The number of unbranched alkanes of at least 4 members (excludes halogenated alkanes) is 2. The van der Waals surface area contributed by atoms with Crippen molar-refractivity contribution in [3.63, 3.8) is 0 Å². The molecule has 0 unspecified atom stereocenters. The van der Waals surface area contributed by atoms with Gasteiger partial charge in [-0.25, -0.2) is 0 Å². The zero-order valence-corrected chi connectivity index (χ0v) is 10.9. The van der Waals surface area contributed by atoms with Crippen LogP contribution >= 0.6 is 9.85 Å². The monoisotopic (exact) mass is 264 g/mol. The van der Waals surface area contributed by atoms with Crippen LogP contribution in [0.15, 0.2) is 0 Å². The van der Waals surface area contributed by atoms with Crippen molar-refractivity contribution in [3.05, 3.63) is 0 Å². The van der Waals surface area contributed by atoms with Crippen LogP contribution in [0.5, 0.6) is 0 Å². The zero-order valence-electron chi connectivity index (χ0n) is 8.70. The maximum atomic E-state index is 11.4. The predicted octanol–water partition coefficient (Wildman–Crippen LogP) is 2.98. The van der Waals surface area contributed by atoms with Gasteiger partial charge in [-0.1, -0.05) is 0 Å². The van der Waals surface area contributed by atoms with E-state index in [1.165, 1.54) is 0 Å². The van der Waals surface area contributed by atoms with E-state index in [1.807, 2.05) is 13.8 Å². The molecular weight excluding hydrogens is 246 g/mol. The van der Waals surface area contributed by atoms with Crippen molar-refractivity contribution in [3.8, 4) is 0 Å². The van der Waals surface area contributed by atoms with Gasteiger partial charge in [-0.2, -0.15) is 0 Å². The van der Waals surface area contributed by atoms with Gasteiger partial charge in [0.1, 0.15) is 0 Å². The van der Waals surface area contributed by atoms with E-state index in [2.05, 4.69) is 7.32 Å². The molecule has 0 saturated heterocycles. The molecule has 0 atom stereocenters. The summed E-state index contributed by atoms with van der Waals surface area (Å²) in [5, 5.41) is 0. The van der Waals surface area contributed by atoms with Gasteiger partial charge in [0.05, 0.1) is 0 Å². The second-order valence-electron chi connectivity index (χ2n) is 3.10. The Kier molecular flexibility index (Phi) is 6.25. The summed E-state index contributed by atoms with van der Waals surface area (Å²) in [4.78, 5) is 0. The van der Waals surface area contributed by atoms with Crippen LogP contribution in [0.4, 0.5) is 0 Å². The first-order valence-corrected chi connectivity index (χ1v) is 9.09. The van der Waals surface area contributed by atoms with Crippen molar-refractivity contribution >= 4 is 9.85 Å². The first-order chi connectivity index (χ1) is 6.39. The quantitative estimate of drug-likeness (QED) is 0.633. The molecule has 6 heteroatoms. The Morgan fingerprint density at radius 2 is 1.36 bits per heavy atom. The van der Waals surface area contributed by atoms with Crippen LogP contribution in [0.2, 0.25) is 0 Å². The van der Waals surface area contributed by atoms with Crippen LogP contribution in [0.1, 0.15) is 39.5 Å². The minimum atomic E-state index is -5.80. The molecule has 0 heterocycles. The van der Waals surface area contributed by atoms with Crippen LogP contribution in [-0.2, 0) is 27.2 Å². The Labute approximate surface area is 89.9 Å². The van der Waals surface area contributed by atoms with Gasteiger partial charge < -0.3 is 0 Å². The third-order valence-corrected chi connectivity index (χ3v) is 4.26. The van der Waals surface area contributed by atoms with Crippen molar-refractivity contribution < 1.29 is 27.2 Å². The Morgan fingerprint density at radius 1 is 1.00 bits per heavy atom. The van der Waals surface area contributed by atoms with Gasteiger partial charge in [-0.05, 0) is 0 Å². The molecule has 86 valence electrons. The molecule has 4 nitrogen and oxygen atoms in total. The SMILES string of the molecule is CCCC[O][V](=[O])(=[O])([Cl])[O]CCCC. The van der Waals surface area contributed by atoms with Crippen molar-refractivity contribution in [1.29, 1.82) is 0 Å². The molecule has 0 aliphatic rings. The van der Waals surface area contributed by atoms with E-state index in [4.69, 9.17) is 9.85 Å². The van der Waals surface area contributed by atoms with Crippen molar-refractivity contribution in [2.75, 3.05) is 13.2 Å². The summed E-state index contributed by atoms with van der Waals surface area (Å²) in [6, 6.07) is 0. The molecule has 0 amide bonds. The molecule has 0 aromatic rings. The molecule has 0 saturated carbocycles. The Morgan fingerprint density at radius 3 is 1.64 bits per heavy atom. The van der Waals surface area contributed by atoms with E-state index in [0.717, 1.165) is 12.8 Å². The number of halogens is 1. The van der Waals surface area contributed by atoms with Crippen LogP contribution in [0, 0.1) is 0 Å². The standard InChI is InChI=1S/2C4H9O.ClH.2O.V/c2*1-2-3-4-5;;;;/h2*2-4H2,1H3;1H;;;/q2*-1;;;;+3/p-1. The number of rotatable bonds is 8. The minimum absolute atomic E-state index is 0.102. The predicted molar refractivity (Wildman–Crippen MR) is 48.9 cm³/mol. The van der Waals surface area contributed by atoms with Crippen LogP contribution in [-0.4, -0.2) is 13.2 Å². The summed E-state index contributed by atoms with van der Waals surface area (Å²) in [7, 11) is 5.29. The van der Waals surface area contributed by atoms with Crippen LogP contribution in [0.3, 0.4) is 0 Å². The molecule has 0 aliphatic carbocycles. The summed E-state index contributed by atoms with van der Waals surface area (Å²) >= 11 is -5.80. The summed E-state index contributed by atoms with van der Waals surface area (Å²) in [6.07, 6.45) is 3.02. The van der Waals surface area contributed by atoms with E-state index in [0.29, 0.717) is 12.8 Å². The average molecular weight is 265 g/mol. The second kappa shape index (κ2) is 6.08. The number of hydrogen-bond acceptors (Lipinski definition) is 4. The van der Waals surface area contributed by atoms with E-state index in [1.54, 1.807) is 0 Å². The molecule has 0 rings (SSSR count). The van der Waals surface area contributed by atoms with Gasteiger partial charge in [0.2, 0.25) is 0 Å². The first kappa shape index (κ1) is 14.4. The fraction of sp³-hybridized carbons (Fsp3) is 1.00. The van der Waals surface area contributed by atoms with Gasteiger partial charge >= 0.3 is 89.8 Å². The Balaban J connectivity index is 3.96. The van der Waals surface area contributed by atoms with Gasteiger partial charge in [0.15, 0.2) is 0 Å². The molecule has 0 aliphatic heterocycles. The summed E-state index contributed by atoms with van der Waals surface area (Å²) < 4.78 is 32.0. The summed E-state index contributed by atoms with van der Waals surface area (Å²) in [5.41, 5.74) is 0. The molecule has 0 aromatic heterocycles. The molecule has 0 aromatic carbocycles. The van der Waals surface area contributed by atoms with Gasteiger partial charge in [0.25, 0.3) is 0 Å². The molecule has 0 fully saturated rings. The van der Waals surface area contributed by atoms with E-state index in [9.17, 15) is 7.35 Å². The molecule has 0 N–H and O–H groups in total. The van der Waals surface area contributed by atoms with Crippen molar-refractivity contribution in [2.24, 2.45) is 0 Å². The third kappa shape index (κ3) is 7.77. The zero-order chi connectivity index (χ0) is 11.1. The van der Waals surface area contributed by atoms with E-state index in [-0.39, 0.29) is 13.2 Å². The fourth-order valence-electron chi connectivity index (χ4n) is 0.748. The fourth-order valence-corrected chi connectivity index (χ4v) is 2.75. The molecule has 0 spiro atoms. The molecular formula is C8H18ClO4V. The van der Waals surface area contributed by atoms with Gasteiger partial charge in [0, 0.05) is 0 Å². The van der Waals surface area contributed by atoms with Crippen molar-refractivity contribution in [1.82, 2.24) is 0 Å². The summed E-state index contributed by atoms with van der Waals surface area (Å²) in [6.45, 7) is 4.08. The molecule has 0 radical (unpaired) electrons. The van der Waals surface area contributed by atoms with Gasteiger partial charge in [-0.15, -0.1) is 0 Å². The first-order valence-electron chi connectivity index (χ1n) is 4.89. The average Bonchev–Trinajstić information content (AvgIpc) is 2.04. The third-order valence-electron chi connectivity index (χ3n) is 1.59. The normalized spacial score (nSPS) is 13.1. The van der Waals surface area contributed by atoms with E-state index >= 15 is 0 Å². The maximum absolute atomic E-state index is 11.4.